The Hall–Kier alpha value is -3.79. The molecule has 9 nitrogen and oxygen atoms in total. The molecule has 2 aliphatic heterocycles. The number of fused-ring (bicyclic) bond motifs is 1. The van der Waals surface area contributed by atoms with E-state index in [1.54, 1.807) is 30.5 Å². The Morgan fingerprint density at radius 2 is 1.94 bits per heavy atom. The second-order valence-corrected chi connectivity index (χ2v) is 8.96. The van der Waals surface area contributed by atoms with E-state index in [0.717, 1.165) is 17.8 Å². The van der Waals surface area contributed by atoms with Gasteiger partial charge in [0.15, 0.2) is 11.6 Å². The Morgan fingerprint density at radius 3 is 2.74 bits per heavy atom. The molecular formula is C24H23FN6O3. The molecule has 34 heavy (non-hydrogen) atoms. The fourth-order valence-corrected chi connectivity index (χ4v) is 4.82. The number of aromatic nitrogens is 4. The summed E-state index contributed by atoms with van der Waals surface area (Å²) in [6.07, 6.45) is 1.55. The van der Waals surface area contributed by atoms with Crippen LogP contribution in [0.3, 0.4) is 0 Å². The average Bonchev–Trinajstić information content (AvgIpc) is 3.27. The molecule has 1 saturated heterocycles. The maximum atomic E-state index is 15.5. The molecule has 0 aliphatic carbocycles. The van der Waals surface area contributed by atoms with Crippen LogP contribution in [0.2, 0.25) is 0 Å². The van der Waals surface area contributed by atoms with E-state index < -0.39 is 17.2 Å². The lowest BCUT2D eigenvalue weighted by molar-refractivity contribution is 0.0946. The molecule has 4 aromatic rings. The summed E-state index contributed by atoms with van der Waals surface area (Å²) >= 11 is 0. The predicted octanol–water partition coefficient (Wildman–Crippen LogP) is 2.28. The highest BCUT2D eigenvalue weighted by molar-refractivity contribution is 6.03. The molecule has 1 atom stereocenters. The van der Waals surface area contributed by atoms with Crippen molar-refractivity contribution in [3.63, 3.8) is 0 Å². The fourth-order valence-electron chi connectivity index (χ4n) is 4.82. The topological polar surface area (TPSA) is 85.5 Å². The average molecular weight is 462 g/mol. The van der Waals surface area contributed by atoms with E-state index in [1.165, 1.54) is 6.07 Å². The molecule has 2 aliphatic rings. The van der Waals surface area contributed by atoms with Gasteiger partial charge in [-0.15, -0.1) is 5.10 Å². The van der Waals surface area contributed by atoms with Gasteiger partial charge in [-0.25, -0.2) is 4.39 Å². The van der Waals surface area contributed by atoms with Crippen molar-refractivity contribution >= 4 is 33.5 Å². The van der Waals surface area contributed by atoms with Gasteiger partial charge in [0, 0.05) is 32.4 Å². The molecule has 0 unspecified atom stereocenters. The van der Waals surface area contributed by atoms with Crippen molar-refractivity contribution in [1.82, 2.24) is 24.5 Å². The zero-order valence-electron chi connectivity index (χ0n) is 18.9. The number of carbonyl (C=O) groups excluding carboxylic acids is 1. The second-order valence-electron chi connectivity index (χ2n) is 8.96. The standard InChI is InChI=1S/C24H23FN6O3/c1-14-13-34-23-20-15(11-17(25)21(23)29-9-7-28(2)8-10-29)22(32)16(12-30(14)20)24(33)31-19-6-4-3-5-18(19)26-27-31/h3-6,11-12,14H,7-10,13H2,1-2H3/t14-/m1/s1. The monoisotopic (exact) mass is 462 g/mol. The first-order valence-electron chi connectivity index (χ1n) is 11.3. The fraction of sp³-hybridized carbons (Fsp3) is 0.333. The van der Waals surface area contributed by atoms with Crippen LogP contribution in [-0.2, 0) is 0 Å². The molecule has 0 saturated carbocycles. The zero-order chi connectivity index (χ0) is 23.6. The first-order chi connectivity index (χ1) is 16.4. The summed E-state index contributed by atoms with van der Waals surface area (Å²) in [5, 5.41) is 8.09. The van der Waals surface area contributed by atoms with Crippen LogP contribution < -0.4 is 15.1 Å². The van der Waals surface area contributed by atoms with E-state index in [4.69, 9.17) is 4.74 Å². The van der Waals surface area contributed by atoms with Gasteiger partial charge in [0.2, 0.25) is 5.43 Å². The minimum atomic E-state index is -0.604. The summed E-state index contributed by atoms with van der Waals surface area (Å²) in [7, 11) is 2.03. The number of nitrogens with zero attached hydrogens (tertiary/aromatic N) is 6. The highest BCUT2D eigenvalue weighted by Crippen LogP contribution is 2.42. The molecule has 174 valence electrons. The van der Waals surface area contributed by atoms with Gasteiger partial charge in [-0.05, 0) is 32.2 Å². The van der Waals surface area contributed by atoms with Crippen LogP contribution in [-0.4, -0.2) is 70.2 Å². The van der Waals surface area contributed by atoms with Crippen molar-refractivity contribution in [3.8, 4) is 5.75 Å². The number of pyridine rings is 1. The number of ether oxygens (including phenoxy) is 1. The molecule has 4 heterocycles. The highest BCUT2D eigenvalue weighted by Gasteiger charge is 2.31. The van der Waals surface area contributed by atoms with Crippen LogP contribution in [0.4, 0.5) is 10.1 Å². The number of carbonyl (C=O) groups is 1. The third-order valence-corrected chi connectivity index (χ3v) is 6.74. The highest BCUT2D eigenvalue weighted by atomic mass is 19.1. The number of halogens is 1. The number of piperazine rings is 1. The van der Waals surface area contributed by atoms with E-state index in [0.29, 0.717) is 47.7 Å². The van der Waals surface area contributed by atoms with E-state index in [1.807, 2.05) is 23.4 Å². The Bertz CT molecular complexity index is 1520. The molecule has 2 aromatic heterocycles. The van der Waals surface area contributed by atoms with Gasteiger partial charge < -0.3 is 19.1 Å². The maximum Gasteiger partial charge on any atom is 0.285 e. The van der Waals surface area contributed by atoms with Crippen LogP contribution in [0.25, 0.3) is 21.9 Å². The molecule has 0 bridgehead atoms. The number of anilines is 1. The Morgan fingerprint density at radius 1 is 1.18 bits per heavy atom. The van der Waals surface area contributed by atoms with Crippen LogP contribution in [0.1, 0.15) is 23.3 Å². The number of hydrogen-bond donors (Lipinski definition) is 0. The van der Waals surface area contributed by atoms with Gasteiger partial charge >= 0.3 is 0 Å². The Kier molecular flexibility index (Phi) is 4.66. The molecular weight excluding hydrogens is 439 g/mol. The lowest BCUT2D eigenvalue weighted by Gasteiger charge is -2.37. The van der Waals surface area contributed by atoms with Gasteiger partial charge in [0.25, 0.3) is 5.91 Å². The number of para-hydroxylation sites is 1. The third-order valence-electron chi connectivity index (χ3n) is 6.74. The van der Waals surface area contributed by atoms with Gasteiger partial charge in [-0.1, -0.05) is 17.3 Å². The van der Waals surface area contributed by atoms with E-state index in [-0.39, 0.29) is 17.0 Å². The summed E-state index contributed by atoms with van der Waals surface area (Å²) in [5.41, 5.74) is 1.29. The molecule has 10 heteroatoms. The third kappa shape index (κ3) is 3.02. The molecule has 0 spiro atoms. The van der Waals surface area contributed by atoms with Gasteiger partial charge in [0.1, 0.15) is 23.4 Å². The minimum absolute atomic E-state index is 0.0883. The number of rotatable bonds is 2. The van der Waals surface area contributed by atoms with Gasteiger partial charge in [-0.2, -0.15) is 4.68 Å². The van der Waals surface area contributed by atoms with Gasteiger partial charge in [0.05, 0.1) is 22.5 Å². The van der Waals surface area contributed by atoms with Crippen LogP contribution >= 0.6 is 0 Å². The lowest BCUT2D eigenvalue weighted by Crippen LogP contribution is -2.45. The molecule has 0 radical (unpaired) electrons. The quantitative estimate of drug-likeness (QED) is 0.452. The Labute approximate surface area is 193 Å². The van der Waals surface area contributed by atoms with Crippen molar-refractivity contribution in [3.05, 3.63) is 58.1 Å². The van der Waals surface area contributed by atoms with Crippen LogP contribution in [0, 0.1) is 5.82 Å². The largest absolute Gasteiger partial charge is 0.487 e. The second kappa shape index (κ2) is 7.63. The van der Waals surface area contributed by atoms with Crippen LogP contribution in [0.15, 0.2) is 41.3 Å². The van der Waals surface area contributed by atoms with Crippen molar-refractivity contribution in [2.24, 2.45) is 0 Å². The lowest BCUT2D eigenvalue weighted by atomic mass is 10.0. The summed E-state index contributed by atoms with van der Waals surface area (Å²) in [5.74, 6) is -0.769. The summed E-state index contributed by atoms with van der Waals surface area (Å²) in [4.78, 5) is 31.1. The minimum Gasteiger partial charge on any atom is -0.487 e. The van der Waals surface area contributed by atoms with E-state index in [2.05, 4.69) is 15.2 Å². The van der Waals surface area contributed by atoms with Crippen molar-refractivity contribution in [2.75, 3.05) is 44.7 Å². The first-order valence-corrected chi connectivity index (χ1v) is 11.3. The van der Waals surface area contributed by atoms with Crippen molar-refractivity contribution < 1.29 is 13.9 Å². The summed E-state index contributed by atoms with van der Waals surface area (Å²) in [6.45, 7) is 5.16. The summed E-state index contributed by atoms with van der Waals surface area (Å²) in [6, 6.07) is 8.11. The van der Waals surface area contributed by atoms with Crippen molar-refractivity contribution in [2.45, 2.75) is 13.0 Å². The summed E-state index contributed by atoms with van der Waals surface area (Å²) < 4.78 is 24.5. The molecule has 6 rings (SSSR count). The first kappa shape index (κ1) is 20.8. The normalized spacial score (nSPS) is 18.4. The molecule has 1 fully saturated rings. The number of benzene rings is 2. The Balaban J connectivity index is 1.56. The smallest absolute Gasteiger partial charge is 0.285 e. The molecule has 0 N–H and O–H groups in total. The number of likely N-dealkylation sites (N-methyl/N-ethyl adjacent to an activating group) is 1. The van der Waals surface area contributed by atoms with Gasteiger partial charge in [-0.3, -0.25) is 9.59 Å². The molecule has 0 amide bonds. The SMILES string of the molecule is C[C@@H]1COc2c(N3CCN(C)CC3)c(F)cc3c(=O)c(C(=O)n4nnc5ccccc54)cn1c23. The predicted molar refractivity (Wildman–Crippen MR) is 125 cm³/mol. The number of hydrogen-bond acceptors (Lipinski definition) is 7. The maximum absolute atomic E-state index is 15.5. The van der Waals surface area contributed by atoms with Crippen molar-refractivity contribution in [1.29, 1.82) is 0 Å². The van der Waals surface area contributed by atoms with E-state index >= 15 is 4.39 Å². The molecule has 2 aromatic carbocycles. The van der Waals surface area contributed by atoms with E-state index in [9.17, 15) is 9.59 Å². The van der Waals surface area contributed by atoms with Crippen LogP contribution in [0.5, 0.6) is 5.75 Å². The zero-order valence-corrected chi connectivity index (χ0v) is 18.9.